The fraction of sp³-hybridized carbons (Fsp3) is 1.00. The van der Waals surface area contributed by atoms with Gasteiger partial charge in [0, 0.05) is 56.4 Å². The van der Waals surface area contributed by atoms with Crippen molar-refractivity contribution in [3.63, 3.8) is 0 Å². The first-order chi connectivity index (χ1) is 12.8. The number of aliphatic hydroxyl groups excluding tert-OH is 1. The zero-order valence-corrected chi connectivity index (χ0v) is 17.1. The van der Waals surface area contributed by atoms with Crippen molar-refractivity contribution in [3.05, 3.63) is 0 Å². The van der Waals surface area contributed by atoms with Crippen LogP contribution in [0.2, 0.25) is 0 Å². The van der Waals surface area contributed by atoms with Gasteiger partial charge in [0.2, 0.25) is 0 Å². The van der Waals surface area contributed by atoms with Crippen LogP contribution in [0.5, 0.6) is 0 Å². The van der Waals surface area contributed by atoms with Crippen LogP contribution in [0.15, 0.2) is 0 Å². The Morgan fingerprint density at radius 3 is 2.59 bits per heavy atom. The minimum Gasteiger partial charge on any atom is -0.392 e. The molecule has 1 saturated heterocycles. The highest BCUT2D eigenvalue weighted by molar-refractivity contribution is 5.32. The van der Waals surface area contributed by atoms with E-state index in [2.05, 4.69) is 18.9 Å². The molecule has 6 aliphatic rings. The lowest BCUT2D eigenvalue weighted by atomic mass is 9.43. The second kappa shape index (κ2) is 5.10. The minimum atomic E-state index is -0.803. The zero-order chi connectivity index (χ0) is 18.9. The molecule has 6 fully saturated rings. The van der Waals surface area contributed by atoms with Crippen LogP contribution in [-0.2, 0) is 9.47 Å². The second-order valence-electron chi connectivity index (χ2n) is 11.2. The van der Waals surface area contributed by atoms with Crippen LogP contribution < -0.4 is 0 Å². The van der Waals surface area contributed by atoms with Crippen LogP contribution in [0.1, 0.15) is 39.0 Å². The number of piperidine rings is 1. The van der Waals surface area contributed by atoms with Crippen molar-refractivity contribution in [1.29, 1.82) is 0 Å². The van der Waals surface area contributed by atoms with Crippen LogP contribution in [0.3, 0.4) is 0 Å². The Morgan fingerprint density at radius 2 is 1.89 bits per heavy atom. The Morgan fingerprint density at radius 1 is 1.11 bits per heavy atom. The van der Waals surface area contributed by atoms with Crippen molar-refractivity contribution in [3.8, 4) is 0 Å². The second-order valence-corrected chi connectivity index (χ2v) is 11.2. The molecule has 6 rings (SSSR count). The zero-order valence-electron chi connectivity index (χ0n) is 17.1. The lowest BCUT2D eigenvalue weighted by Crippen LogP contribution is -2.75. The van der Waals surface area contributed by atoms with Gasteiger partial charge in [0.1, 0.15) is 0 Å². The molecule has 27 heavy (non-hydrogen) atoms. The summed E-state index contributed by atoms with van der Waals surface area (Å²) < 4.78 is 12.0. The van der Waals surface area contributed by atoms with E-state index in [0.717, 1.165) is 25.8 Å². The van der Waals surface area contributed by atoms with Gasteiger partial charge in [0.15, 0.2) is 0 Å². The lowest BCUT2D eigenvalue weighted by Gasteiger charge is -2.68. The fourth-order valence-electron chi connectivity index (χ4n) is 10.3. The van der Waals surface area contributed by atoms with Crippen molar-refractivity contribution in [1.82, 2.24) is 4.90 Å². The van der Waals surface area contributed by atoms with Gasteiger partial charge in [-0.3, -0.25) is 0 Å². The molecule has 5 heteroatoms. The maximum Gasteiger partial charge on any atom is 0.0771 e. The first-order valence-corrected chi connectivity index (χ1v) is 11.0. The normalized spacial score (nSPS) is 66.2. The predicted molar refractivity (Wildman–Crippen MR) is 100 cm³/mol. The average Bonchev–Trinajstić information content (AvgIpc) is 3.06. The molecule has 1 spiro atoms. The number of methoxy groups -OCH3 is 2. The molecule has 12 atom stereocenters. The summed E-state index contributed by atoms with van der Waals surface area (Å²) in [6, 6.07) is 0.369. The van der Waals surface area contributed by atoms with Gasteiger partial charge in [0.25, 0.3) is 0 Å². The molecular weight excluding hydrogens is 342 g/mol. The van der Waals surface area contributed by atoms with E-state index in [4.69, 9.17) is 9.47 Å². The molecule has 2 N–H and O–H groups in total. The molecule has 0 unspecified atom stereocenters. The van der Waals surface area contributed by atoms with Crippen LogP contribution in [0.25, 0.3) is 0 Å². The Bertz CT molecular complexity index is 673. The lowest BCUT2D eigenvalue weighted by molar-refractivity contribution is -0.267. The molecular formula is C22H35NO4. The Labute approximate surface area is 162 Å². The van der Waals surface area contributed by atoms with Crippen molar-refractivity contribution in [2.45, 2.75) is 69.0 Å². The number of likely N-dealkylation sites (tertiary alicyclic amines) is 1. The molecule has 0 aromatic rings. The third kappa shape index (κ3) is 1.66. The predicted octanol–water partition coefficient (Wildman–Crippen LogP) is 1.51. The van der Waals surface area contributed by atoms with Crippen LogP contribution in [0, 0.1) is 40.4 Å². The van der Waals surface area contributed by atoms with Gasteiger partial charge < -0.3 is 24.6 Å². The fourth-order valence-corrected chi connectivity index (χ4v) is 10.3. The van der Waals surface area contributed by atoms with Gasteiger partial charge in [-0.05, 0) is 50.0 Å². The maximum atomic E-state index is 12.2. The van der Waals surface area contributed by atoms with Crippen molar-refractivity contribution in [2.24, 2.45) is 40.4 Å². The Hall–Kier alpha value is -0.200. The van der Waals surface area contributed by atoms with Crippen molar-refractivity contribution < 1.29 is 19.7 Å². The Balaban J connectivity index is 1.60. The highest BCUT2D eigenvalue weighted by Crippen LogP contribution is 2.78. The summed E-state index contributed by atoms with van der Waals surface area (Å²) >= 11 is 0. The molecule has 1 aliphatic heterocycles. The average molecular weight is 378 g/mol. The molecule has 0 radical (unpaired) electrons. The molecule has 0 aromatic carbocycles. The van der Waals surface area contributed by atoms with E-state index in [-0.39, 0.29) is 35.4 Å². The third-order valence-corrected chi connectivity index (χ3v) is 10.7. The number of rotatable bonds is 2. The number of aliphatic hydroxyl groups is 2. The molecule has 5 aliphatic carbocycles. The summed E-state index contributed by atoms with van der Waals surface area (Å²) in [6.45, 7) is 3.61. The largest absolute Gasteiger partial charge is 0.392 e. The maximum absolute atomic E-state index is 12.2. The van der Waals surface area contributed by atoms with Gasteiger partial charge in [-0.2, -0.15) is 0 Å². The smallest absolute Gasteiger partial charge is 0.0771 e. The summed E-state index contributed by atoms with van der Waals surface area (Å²) in [5, 5.41) is 23.5. The highest BCUT2D eigenvalue weighted by Gasteiger charge is 2.82. The van der Waals surface area contributed by atoms with Crippen LogP contribution >= 0.6 is 0 Å². The van der Waals surface area contributed by atoms with Crippen LogP contribution in [0.4, 0.5) is 0 Å². The molecule has 0 aromatic heterocycles. The monoisotopic (exact) mass is 377 g/mol. The number of hydrogen-bond acceptors (Lipinski definition) is 5. The van der Waals surface area contributed by atoms with Gasteiger partial charge in [-0.1, -0.05) is 6.92 Å². The third-order valence-electron chi connectivity index (χ3n) is 10.7. The first-order valence-electron chi connectivity index (χ1n) is 11.0. The van der Waals surface area contributed by atoms with Gasteiger partial charge >= 0.3 is 0 Å². The first kappa shape index (κ1) is 17.6. The van der Waals surface area contributed by atoms with E-state index in [0.29, 0.717) is 29.7 Å². The summed E-state index contributed by atoms with van der Waals surface area (Å²) in [5.41, 5.74) is -0.425. The van der Waals surface area contributed by atoms with Crippen LogP contribution in [-0.4, -0.2) is 72.9 Å². The van der Waals surface area contributed by atoms with Gasteiger partial charge in [0.05, 0.1) is 23.9 Å². The van der Waals surface area contributed by atoms with E-state index in [9.17, 15) is 10.2 Å². The summed E-state index contributed by atoms with van der Waals surface area (Å²) in [5.74, 6) is 1.31. The summed E-state index contributed by atoms with van der Waals surface area (Å²) in [7, 11) is 5.92. The number of nitrogens with zero attached hydrogens (tertiary/aromatic N) is 1. The standard InChI is InChI=1S/C22H35NO4/c1-20-6-5-16(27-4)22-12-7-11-14(26-3)9-21(25,17(12)18(11)24)13(8-15(20)22)19(22)23(2)10-20/h11-19,24-25H,5-10H2,1-4H3/t11-,12-,13+,14-,15-,16+,17-,18+,19-,20+,21+,22-/m1/s1. The summed E-state index contributed by atoms with van der Waals surface area (Å²) in [4.78, 5) is 2.58. The quantitative estimate of drug-likeness (QED) is 0.764. The molecule has 152 valence electrons. The number of fused-ring (bicyclic) bond motifs is 2. The number of hydrogen-bond donors (Lipinski definition) is 2. The van der Waals surface area contributed by atoms with Gasteiger partial charge in [-0.15, -0.1) is 0 Å². The number of ether oxygens (including phenoxy) is 2. The van der Waals surface area contributed by atoms with E-state index in [1.807, 2.05) is 7.11 Å². The van der Waals surface area contributed by atoms with Crippen molar-refractivity contribution >= 4 is 0 Å². The molecule has 5 nitrogen and oxygen atoms in total. The minimum absolute atomic E-state index is 0.00773. The van der Waals surface area contributed by atoms with E-state index in [1.54, 1.807) is 7.11 Å². The highest BCUT2D eigenvalue weighted by atomic mass is 16.5. The van der Waals surface area contributed by atoms with E-state index < -0.39 is 11.7 Å². The Kier molecular flexibility index (Phi) is 3.33. The topological polar surface area (TPSA) is 62.2 Å². The van der Waals surface area contributed by atoms with E-state index >= 15 is 0 Å². The molecule has 5 saturated carbocycles. The van der Waals surface area contributed by atoms with Crippen molar-refractivity contribution in [2.75, 3.05) is 27.8 Å². The molecule has 1 heterocycles. The van der Waals surface area contributed by atoms with Gasteiger partial charge in [-0.25, -0.2) is 0 Å². The summed E-state index contributed by atoms with van der Waals surface area (Å²) in [6.07, 6.45) is 4.88. The molecule has 0 amide bonds. The molecule has 7 bridgehead atoms. The SMILES string of the molecule is CO[C@H]1CC[C@@]2(C)CN(C)[C@@H]3[C@@H]4C[C@H]2[C@]13[C@@H]1C[C@H]2[C@H](O)[C@@H]1[C@]4(O)C[C@H]2OC. The van der Waals surface area contributed by atoms with E-state index in [1.165, 1.54) is 6.42 Å².